The summed E-state index contributed by atoms with van der Waals surface area (Å²) in [5.41, 5.74) is 2.35. The molecule has 0 aromatic heterocycles. The zero-order valence-electron chi connectivity index (χ0n) is 9.24. The van der Waals surface area contributed by atoms with Gasteiger partial charge in [-0.1, -0.05) is 37.1 Å². The summed E-state index contributed by atoms with van der Waals surface area (Å²) >= 11 is 0. The van der Waals surface area contributed by atoms with E-state index in [1.807, 2.05) is 19.1 Å². The van der Waals surface area contributed by atoms with Crippen molar-refractivity contribution >= 4 is 5.76 Å². The second kappa shape index (κ2) is 4.52. The third-order valence-corrected chi connectivity index (χ3v) is 3.31. The van der Waals surface area contributed by atoms with Crippen molar-refractivity contribution in [1.29, 1.82) is 0 Å². The fraction of sp³-hybridized carbons (Fsp3) is 0.429. The van der Waals surface area contributed by atoms with Gasteiger partial charge in [-0.05, 0) is 37.3 Å². The van der Waals surface area contributed by atoms with Crippen molar-refractivity contribution in [3.8, 4) is 0 Å². The largest absolute Gasteiger partial charge is 0.508 e. The minimum absolute atomic E-state index is 0.368. The molecule has 1 fully saturated rings. The molecule has 2 rings (SSSR count). The Morgan fingerprint density at radius 1 is 1.20 bits per heavy atom. The summed E-state index contributed by atoms with van der Waals surface area (Å²) in [4.78, 5) is 0. The van der Waals surface area contributed by atoms with E-state index >= 15 is 0 Å². The normalized spacial score (nSPS) is 18.3. The molecule has 0 aliphatic heterocycles. The van der Waals surface area contributed by atoms with Crippen molar-refractivity contribution in [1.82, 2.24) is 0 Å². The minimum Gasteiger partial charge on any atom is -0.508 e. The van der Waals surface area contributed by atoms with Crippen LogP contribution in [-0.4, -0.2) is 5.11 Å². The monoisotopic (exact) mass is 202 g/mol. The number of hydrogen-bond acceptors (Lipinski definition) is 1. The number of hydrogen-bond donors (Lipinski definition) is 1. The second-order valence-electron chi connectivity index (χ2n) is 4.28. The Hall–Kier alpha value is -1.24. The molecule has 0 spiro atoms. The lowest BCUT2D eigenvalue weighted by atomic mass is 9.96. The van der Waals surface area contributed by atoms with Crippen LogP contribution in [0.4, 0.5) is 0 Å². The maximum atomic E-state index is 9.55. The molecule has 1 aliphatic rings. The first-order chi connectivity index (χ1) is 7.31. The molecule has 1 aromatic carbocycles. The summed E-state index contributed by atoms with van der Waals surface area (Å²) in [5.74, 6) is 1.12. The van der Waals surface area contributed by atoms with E-state index in [-0.39, 0.29) is 0 Å². The van der Waals surface area contributed by atoms with Gasteiger partial charge in [0.05, 0.1) is 0 Å². The van der Waals surface area contributed by atoms with Crippen LogP contribution >= 0.6 is 0 Å². The van der Waals surface area contributed by atoms with Gasteiger partial charge in [0.1, 0.15) is 5.76 Å². The number of allylic oxidation sites excluding steroid dienone is 1. The van der Waals surface area contributed by atoms with Gasteiger partial charge in [0.25, 0.3) is 0 Å². The van der Waals surface area contributed by atoms with Gasteiger partial charge in [-0.2, -0.15) is 0 Å². The molecule has 1 nitrogen and oxygen atoms in total. The van der Waals surface area contributed by atoms with Gasteiger partial charge >= 0.3 is 0 Å². The van der Waals surface area contributed by atoms with Crippen LogP contribution in [0.2, 0.25) is 0 Å². The van der Waals surface area contributed by atoms with E-state index in [1.165, 1.54) is 31.2 Å². The Labute approximate surface area is 91.4 Å². The summed E-state index contributed by atoms with van der Waals surface area (Å²) < 4.78 is 0. The molecule has 0 bridgehead atoms. The Kier molecular flexibility index (Phi) is 3.10. The van der Waals surface area contributed by atoms with Crippen molar-refractivity contribution in [3.63, 3.8) is 0 Å². The Balaban J connectivity index is 2.16. The molecular formula is C14H18O. The van der Waals surface area contributed by atoms with Crippen molar-refractivity contribution in [2.75, 3.05) is 0 Å². The summed E-state index contributed by atoms with van der Waals surface area (Å²) in [6.07, 6.45) is 7.12. The number of benzene rings is 1. The zero-order chi connectivity index (χ0) is 10.7. The topological polar surface area (TPSA) is 20.2 Å². The first kappa shape index (κ1) is 10.3. The molecule has 1 aromatic rings. The molecule has 15 heavy (non-hydrogen) atoms. The van der Waals surface area contributed by atoms with E-state index in [0.717, 1.165) is 11.5 Å². The van der Waals surface area contributed by atoms with E-state index in [0.29, 0.717) is 5.76 Å². The molecule has 80 valence electrons. The molecule has 0 radical (unpaired) electrons. The highest BCUT2D eigenvalue weighted by atomic mass is 16.3. The summed E-state index contributed by atoms with van der Waals surface area (Å²) in [6, 6.07) is 8.35. The first-order valence-corrected chi connectivity index (χ1v) is 5.77. The summed E-state index contributed by atoms with van der Waals surface area (Å²) in [7, 11) is 0. The van der Waals surface area contributed by atoms with Gasteiger partial charge in [-0.25, -0.2) is 0 Å². The van der Waals surface area contributed by atoms with E-state index < -0.39 is 0 Å². The van der Waals surface area contributed by atoms with Crippen LogP contribution in [0.15, 0.2) is 30.3 Å². The van der Waals surface area contributed by atoms with Gasteiger partial charge in [-0.15, -0.1) is 0 Å². The van der Waals surface area contributed by atoms with Gasteiger partial charge in [0.2, 0.25) is 0 Å². The Morgan fingerprint density at radius 3 is 2.33 bits per heavy atom. The van der Waals surface area contributed by atoms with E-state index in [1.54, 1.807) is 6.08 Å². The van der Waals surface area contributed by atoms with Crippen LogP contribution in [0.5, 0.6) is 0 Å². The van der Waals surface area contributed by atoms with Crippen molar-refractivity contribution in [2.45, 2.75) is 38.5 Å². The first-order valence-electron chi connectivity index (χ1n) is 5.77. The summed E-state index contributed by atoms with van der Waals surface area (Å²) in [6.45, 7) is 1.85. The van der Waals surface area contributed by atoms with Crippen LogP contribution in [-0.2, 0) is 0 Å². The van der Waals surface area contributed by atoms with Gasteiger partial charge in [0, 0.05) is 5.56 Å². The standard InChI is InChI=1S/C14H18O/c1-2-14(15)13-9-7-12(8-10-13)11-5-3-4-6-11/h2,7-11,15H,3-6H2,1H3/b14-2-. The quantitative estimate of drug-likeness (QED) is 0.710. The van der Waals surface area contributed by atoms with E-state index in [2.05, 4.69) is 12.1 Å². The molecule has 0 atom stereocenters. The second-order valence-corrected chi connectivity index (χ2v) is 4.28. The number of aliphatic hydroxyl groups excluding tert-OH is 1. The molecule has 1 saturated carbocycles. The lowest BCUT2D eigenvalue weighted by molar-refractivity contribution is 0.511. The van der Waals surface area contributed by atoms with Gasteiger partial charge < -0.3 is 5.11 Å². The molecule has 1 heteroatoms. The molecule has 0 saturated heterocycles. The lowest BCUT2D eigenvalue weighted by Gasteiger charge is -2.09. The van der Waals surface area contributed by atoms with Crippen molar-refractivity contribution in [2.24, 2.45) is 0 Å². The lowest BCUT2D eigenvalue weighted by Crippen LogP contribution is -1.92. The summed E-state index contributed by atoms with van der Waals surface area (Å²) in [5, 5.41) is 9.55. The predicted octanol–water partition coefficient (Wildman–Crippen LogP) is 4.26. The molecule has 0 amide bonds. The van der Waals surface area contributed by atoms with Crippen LogP contribution in [0, 0.1) is 0 Å². The van der Waals surface area contributed by atoms with Crippen molar-refractivity contribution < 1.29 is 5.11 Å². The third-order valence-electron chi connectivity index (χ3n) is 3.31. The fourth-order valence-electron chi connectivity index (χ4n) is 2.35. The number of aliphatic hydroxyl groups is 1. The molecule has 1 aliphatic carbocycles. The third kappa shape index (κ3) is 2.23. The number of rotatable bonds is 2. The minimum atomic E-state index is 0.368. The average molecular weight is 202 g/mol. The van der Waals surface area contributed by atoms with Crippen LogP contribution in [0.1, 0.15) is 49.7 Å². The smallest absolute Gasteiger partial charge is 0.118 e. The van der Waals surface area contributed by atoms with Gasteiger partial charge in [-0.3, -0.25) is 0 Å². The molecule has 0 unspecified atom stereocenters. The molecule has 0 heterocycles. The SMILES string of the molecule is C/C=C(\O)c1ccc(C2CCCC2)cc1. The van der Waals surface area contributed by atoms with Crippen LogP contribution in [0.25, 0.3) is 5.76 Å². The highest BCUT2D eigenvalue weighted by Crippen LogP contribution is 2.34. The van der Waals surface area contributed by atoms with Crippen molar-refractivity contribution in [3.05, 3.63) is 41.5 Å². The van der Waals surface area contributed by atoms with Crippen LogP contribution in [0.3, 0.4) is 0 Å². The molecule has 1 N–H and O–H groups in total. The Morgan fingerprint density at radius 2 is 1.80 bits per heavy atom. The van der Waals surface area contributed by atoms with Crippen LogP contribution < -0.4 is 0 Å². The zero-order valence-corrected chi connectivity index (χ0v) is 9.24. The maximum Gasteiger partial charge on any atom is 0.118 e. The molecular weight excluding hydrogens is 184 g/mol. The maximum absolute atomic E-state index is 9.55. The van der Waals surface area contributed by atoms with Gasteiger partial charge in [0.15, 0.2) is 0 Å². The van der Waals surface area contributed by atoms with E-state index in [4.69, 9.17) is 0 Å². The van der Waals surface area contributed by atoms with E-state index in [9.17, 15) is 5.11 Å². The highest BCUT2D eigenvalue weighted by molar-refractivity contribution is 5.58. The Bertz CT molecular complexity index is 342. The predicted molar refractivity (Wildman–Crippen MR) is 63.9 cm³/mol. The fourth-order valence-corrected chi connectivity index (χ4v) is 2.35. The highest BCUT2D eigenvalue weighted by Gasteiger charge is 2.16. The average Bonchev–Trinajstić information content (AvgIpc) is 2.82.